The fourth-order valence-electron chi connectivity index (χ4n) is 3.28. The Bertz CT molecular complexity index is 476. The van der Waals surface area contributed by atoms with Crippen LogP contribution in [-0.2, 0) is 0 Å². The highest BCUT2D eigenvalue weighted by atomic mass is 16.3. The Morgan fingerprint density at radius 3 is 2.43 bits per heavy atom. The smallest absolute Gasteiger partial charge is 0.0919 e. The molecule has 0 spiro atoms. The molecule has 116 valence electrons. The van der Waals surface area contributed by atoms with Crippen LogP contribution in [0.2, 0.25) is 0 Å². The summed E-state index contributed by atoms with van der Waals surface area (Å²) < 4.78 is 0. The molecule has 1 unspecified atom stereocenters. The molecular formula is C18H28N2O. The van der Waals surface area contributed by atoms with Gasteiger partial charge in [0, 0.05) is 39.3 Å². The number of rotatable bonds is 5. The zero-order valence-electron chi connectivity index (χ0n) is 13.4. The highest BCUT2D eigenvalue weighted by Crippen LogP contribution is 2.30. The summed E-state index contributed by atoms with van der Waals surface area (Å²) in [4.78, 5) is 5.01. The van der Waals surface area contributed by atoms with Crippen LogP contribution in [0.5, 0.6) is 0 Å². The predicted octanol–water partition coefficient (Wildman–Crippen LogP) is 2.36. The van der Waals surface area contributed by atoms with E-state index in [9.17, 15) is 5.11 Å². The topological polar surface area (TPSA) is 26.7 Å². The Labute approximate surface area is 128 Å². The second-order valence-electron chi connectivity index (χ2n) is 6.92. The standard InChI is InChI=1S/C18H28N2O/c1-14-3-4-15(2)17(11-14)18(21)13-20-9-7-19(8-10-20)12-16-5-6-16/h3-4,11,16,18,21H,5-10,12-13H2,1-2H3. The number of piperazine rings is 1. The van der Waals surface area contributed by atoms with E-state index in [0.29, 0.717) is 0 Å². The Morgan fingerprint density at radius 1 is 1.10 bits per heavy atom. The molecule has 1 saturated heterocycles. The molecule has 1 N–H and O–H groups in total. The zero-order valence-corrected chi connectivity index (χ0v) is 13.4. The molecule has 2 fully saturated rings. The van der Waals surface area contributed by atoms with E-state index in [1.54, 1.807) is 0 Å². The van der Waals surface area contributed by atoms with E-state index in [-0.39, 0.29) is 6.10 Å². The van der Waals surface area contributed by atoms with Crippen molar-refractivity contribution in [1.29, 1.82) is 0 Å². The van der Waals surface area contributed by atoms with Crippen molar-refractivity contribution >= 4 is 0 Å². The number of aliphatic hydroxyl groups is 1. The minimum absolute atomic E-state index is 0.361. The second kappa shape index (κ2) is 6.47. The normalized spacial score (nSPS) is 22.4. The van der Waals surface area contributed by atoms with E-state index < -0.39 is 0 Å². The fraction of sp³-hybridized carbons (Fsp3) is 0.667. The number of β-amino-alcohol motifs (C(OH)–C–C–N with tert-alkyl or cyclic N) is 1. The predicted molar refractivity (Wildman–Crippen MR) is 86.5 cm³/mol. The van der Waals surface area contributed by atoms with Gasteiger partial charge in [-0.05, 0) is 43.7 Å². The van der Waals surface area contributed by atoms with Crippen LogP contribution in [0.15, 0.2) is 18.2 Å². The Balaban J connectivity index is 1.51. The third-order valence-corrected chi connectivity index (χ3v) is 4.90. The van der Waals surface area contributed by atoms with Crippen molar-refractivity contribution in [3.63, 3.8) is 0 Å². The molecule has 1 aromatic carbocycles. The first-order chi connectivity index (χ1) is 10.1. The Morgan fingerprint density at radius 2 is 1.76 bits per heavy atom. The van der Waals surface area contributed by atoms with Crippen molar-refractivity contribution in [3.8, 4) is 0 Å². The molecule has 0 aromatic heterocycles. The van der Waals surface area contributed by atoms with Crippen LogP contribution in [0.4, 0.5) is 0 Å². The van der Waals surface area contributed by atoms with Crippen molar-refractivity contribution < 1.29 is 5.11 Å². The number of hydrogen-bond acceptors (Lipinski definition) is 3. The highest BCUT2D eigenvalue weighted by Gasteiger charge is 2.27. The third-order valence-electron chi connectivity index (χ3n) is 4.90. The van der Waals surface area contributed by atoms with Gasteiger partial charge >= 0.3 is 0 Å². The average Bonchev–Trinajstić information content (AvgIpc) is 3.27. The summed E-state index contributed by atoms with van der Waals surface area (Å²) in [5.41, 5.74) is 3.51. The summed E-state index contributed by atoms with van der Waals surface area (Å²) in [6.45, 7) is 10.8. The minimum atomic E-state index is -0.361. The molecule has 0 bridgehead atoms. The van der Waals surface area contributed by atoms with Gasteiger partial charge in [0.05, 0.1) is 6.10 Å². The summed E-state index contributed by atoms with van der Waals surface area (Å²) in [5.74, 6) is 0.983. The molecule has 1 atom stereocenters. The first-order valence-corrected chi connectivity index (χ1v) is 8.32. The number of benzene rings is 1. The van der Waals surface area contributed by atoms with Gasteiger partial charge < -0.3 is 10.0 Å². The van der Waals surface area contributed by atoms with Gasteiger partial charge in [-0.1, -0.05) is 23.8 Å². The van der Waals surface area contributed by atoms with Gasteiger partial charge in [-0.25, -0.2) is 0 Å². The Hall–Kier alpha value is -0.900. The molecule has 1 heterocycles. The first-order valence-electron chi connectivity index (χ1n) is 8.32. The van der Waals surface area contributed by atoms with Crippen LogP contribution in [-0.4, -0.2) is 54.2 Å². The van der Waals surface area contributed by atoms with Gasteiger partial charge in [-0.3, -0.25) is 4.90 Å². The molecule has 3 rings (SSSR count). The molecule has 21 heavy (non-hydrogen) atoms. The summed E-state index contributed by atoms with van der Waals surface area (Å²) in [6.07, 6.45) is 2.51. The lowest BCUT2D eigenvalue weighted by atomic mass is 10.0. The van der Waals surface area contributed by atoms with Crippen molar-refractivity contribution in [1.82, 2.24) is 9.80 Å². The van der Waals surface area contributed by atoms with Gasteiger partial charge in [0.25, 0.3) is 0 Å². The quantitative estimate of drug-likeness (QED) is 0.901. The largest absolute Gasteiger partial charge is 0.387 e. The van der Waals surface area contributed by atoms with Gasteiger partial charge in [0.15, 0.2) is 0 Å². The summed E-state index contributed by atoms with van der Waals surface area (Å²) in [7, 11) is 0. The van der Waals surface area contributed by atoms with Crippen LogP contribution in [0.1, 0.15) is 35.6 Å². The molecule has 1 saturated carbocycles. The van der Waals surface area contributed by atoms with E-state index in [1.807, 2.05) is 0 Å². The third kappa shape index (κ3) is 4.06. The van der Waals surface area contributed by atoms with Gasteiger partial charge in [-0.2, -0.15) is 0 Å². The highest BCUT2D eigenvalue weighted by molar-refractivity contribution is 5.32. The van der Waals surface area contributed by atoms with Crippen LogP contribution < -0.4 is 0 Å². The van der Waals surface area contributed by atoms with Gasteiger partial charge in [0.2, 0.25) is 0 Å². The molecular weight excluding hydrogens is 260 g/mol. The lowest BCUT2D eigenvalue weighted by molar-refractivity contribution is 0.0707. The first kappa shape index (κ1) is 15.0. The van der Waals surface area contributed by atoms with E-state index in [2.05, 4.69) is 41.8 Å². The van der Waals surface area contributed by atoms with Crippen LogP contribution in [0.3, 0.4) is 0 Å². The van der Waals surface area contributed by atoms with Crippen molar-refractivity contribution in [2.75, 3.05) is 39.3 Å². The summed E-state index contributed by atoms with van der Waals surface area (Å²) in [5, 5.41) is 10.5. The second-order valence-corrected chi connectivity index (χ2v) is 6.92. The molecule has 0 radical (unpaired) electrons. The monoisotopic (exact) mass is 288 g/mol. The SMILES string of the molecule is Cc1ccc(C)c(C(O)CN2CCN(CC3CC3)CC2)c1. The summed E-state index contributed by atoms with van der Waals surface area (Å²) in [6, 6.07) is 6.35. The van der Waals surface area contributed by atoms with E-state index >= 15 is 0 Å². The lowest BCUT2D eigenvalue weighted by Crippen LogP contribution is -2.48. The molecule has 1 aliphatic heterocycles. The maximum Gasteiger partial charge on any atom is 0.0919 e. The van der Waals surface area contributed by atoms with E-state index in [1.165, 1.54) is 30.5 Å². The minimum Gasteiger partial charge on any atom is -0.387 e. The number of aliphatic hydroxyl groups excluding tert-OH is 1. The zero-order chi connectivity index (χ0) is 14.8. The molecule has 0 amide bonds. The van der Waals surface area contributed by atoms with Crippen molar-refractivity contribution in [2.45, 2.75) is 32.8 Å². The van der Waals surface area contributed by atoms with Crippen molar-refractivity contribution in [3.05, 3.63) is 34.9 Å². The van der Waals surface area contributed by atoms with Crippen LogP contribution >= 0.6 is 0 Å². The molecule has 2 aliphatic rings. The van der Waals surface area contributed by atoms with Crippen LogP contribution in [0, 0.1) is 19.8 Å². The number of aryl methyl sites for hydroxylation is 2. The van der Waals surface area contributed by atoms with E-state index in [4.69, 9.17) is 0 Å². The maximum atomic E-state index is 10.5. The van der Waals surface area contributed by atoms with E-state index in [0.717, 1.165) is 44.2 Å². The number of hydrogen-bond donors (Lipinski definition) is 1. The van der Waals surface area contributed by atoms with Gasteiger partial charge in [0.1, 0.15) is 0 Å². The van der Waals surface area contributed by atoms with Crippen LogP contribution in [0.25, 0.3) is 0 Å². The molecule has 1 aromatic rings. The lowest BCUT2D eigenvalue weighted by Gasteiger charge is -2.35. The number of nitrogens with zero attached hydrogens (tertiary/aromatic N) is 2. The Kier molecular flexibility index (Phi) is 4.63. The fourth-order valence-corrected chi connectivity index (χ4v) is 3.28. The average molecular weight is 288 g/mol. The molecule has 3 heteroatoms. The molecule has 1 aliphatic carbocycles. The molecule has 3 nitrogen and oxygen atoms in total. The maximum absolute atomic E-state index is 10.5. The van der Waals surface area contributed by atoms with Crippen molar-refractivity contribution in [2.24, 2.45) is 5.92 Å². The van der Waals surface area contributed by atoms with Gasteiger partial charge in [-0.15, -0.1) is 0 Å². The summed E-state index contributed by atoms with van der Waals surface area (Å²) >= 11 is 0.